The second-order valence-electron chi connectivity index (χ2n) is 13.4. The molecular formula is C51H41N5. The van der Waals surface area contributed by atoms with Crippen molar-refractivity contribution in [3.8, 4) is 33.4 Å². The molecule has 8 rings (SSSR count). The fourth-order valence-corrected chi connectivity index (χ4v) is 6.81. The van der Waals surface area contributed by atoms with Crippen LogP contribution < -0.4 is 15.8 Å². The van der Waals surface area contributed by atoms with Gasteiger partial charge in [0.1, 0.15) is 0 Å². The molecule has 0 atom stereocenters. The van der Waals surface area contributed by atoms with Crippen LogP contribution in [0.1, 0.15) is 16.7 Å². The van der Waals surface area contributed by atoms with Crippen LogP contribution in [0, 0.1) is 0 Å². The van der Waals surface area contributed by atoms with Gasteiger partial charge in [0.05, 0.1) is 5.69 Å². The molecule has 0 unspecified atom stereocenters. The molecule has 2 N–H and O–H groups in total. The number of amidine groups is 2. The van der Waals surface area contributed by atoms with Crippen molar-refractivity contribution in [3.63, 3.8) is 0 Å². The maximum absolute atomic E-state index is 5.19. The highest BCUT2D eigenvalue weighted by atomic mass is 15.5. The number of para-hydroxylation sites is 1. The summed E-state index contributed by atoms with van der Waals surface area (Å²) >= 11 is 0. The molecule has 0 bridgehead atoms. The molecule has 0 saturated carbocycles. The Labute approximate surface area is 329 Å². The molecule has 5 heteroatoms. The van der Waals surface area contributed by atoms with E-state index in [1.54, 1.807) is 7.05 Å². The quantitative estimate of drug-likeness (QED) is 0.121. The fourth-order valence-electron chi connectivity index (χ4n) is 6.81. The minimum atomic E-state index is 0.615. The van der Waals surface area contributed by atoms with Crippen molar-refractivity contribution < 1.29 is 0 Å². The SMILES string of the molecule is C=C1/C=C\C=C/N(NC(=NC(=NC)c2cccc(-c3ccccc3)c2)c2ccccc2)c2ccc(-c3ccc(Nc4ccccc4)c(-c4ccccc4)c3)cc21. The summed E-state index contributed by atoms with van der Waals surface area (Å²) in [6, 6.07) is 62.8. The lowest BCUT2D eigenvalue weighted by atomic mass is 9.94. The zero-order valence-electron chi connectivity index (χ0n) is 31.2. The maximum Gasteiger partial charge on any atom is 0.156 e. The van der Waals surface area contributed by atoms with E-state index in [0.29, 0.717) is 11.7 Å². The van der Waals surface area contributed by atoms with Crippen molar-refractivity contribution in [3.05, 3.63) is 230 Å². The van der Waals surface area contributed by atoms with Gasteiger partial charge >= 0.3 is 0 Å². The molecule has 0 amide bonds. The van der Waals surface area contributed by atoms with Gasteiger partial charge in [-0.15, -0.1) is 0 Å². The van der Waals surface area contributed by atoms with Gasteiger partial charge in [-0.3, -0.25) is 15.4 Å². The van der Waals surface area contributed by atoms with Crippen LogP contribution in [0.2, 0.25) is 0 Å². The van der Waals surface area contributed by atoms with E-state index in [-0.39, 0.29) is 0 Å². The Morgan fingerprint density at radius 3 is 1.84 bits per heavy atom. The highest BCUT2D eigenvalue weighted by Crippen LogP contribution is 2.38. The van der Waals surface area contributed by atoms with E-state index in [0.717, 1.165) is 72.7 Å². The van der Waals surface area contributed by atoms with Crippen molar-refractivity contribution in [1.29, 1.82) is 0 Å². The van der Waals surface area contributed by atoms with E-state index in [2.05, 4.69) is 156 Å². The summed E-state index contributed by atoms with van der Waals surface area (Å²) in [7, 11) is 1.78. The Morgan fingerprint density at radius 2 is 1.12 bits per heavy atom. The molecule has 270 valence electrons. The van der Waals surface area contributed by atoms with E-state index >= 15 is 0 Å². The van der Waals surface area contributed by atoms with Gasteiger partial charge in [0.2, 0.25) is 0 Å². The van der Waals surface area contributed by atoms with Crippen molar-refractivity contribution in [2.45, 2.75) is 0 Å². The average molecular weight is 724 g/mol. The molecule has 0 aromatic heterocycles. The maximum atomic E-state index is 5.19. The third-order valence-electron chi connectivity index (χ3n) is 9.67. The van der Waals surface area contributed by atoms with Crippen LogP contribution in [0.5, 0.6) is 0 Å². The predicted molar refractivity (Wildman–Crippen MR) is 237 cm³/mol. The summed E-state index contributed by atoms with van der Waals surface area (Å²) in [6.45, 7) is 4.49. The number of benzene rings is 7. The normalized spacial score (nSPS) is 13.9. The first-order valence-electron chi connectivity index (χ1n) is 18.7. The standard InChI is InChI=1S/C51H41N5/c1-37-18-15-16-33-56(55-51(40-23-11-5-12-24-40)54-50(52-2)44-26-17-25-41(34-44)38-19-7-3-8-20-38)49-32-30-43(35-46(37)49)42-29-31-48(53-45-27-13-6-14-28-45)47(36-42)39-21-9-4-10-22-39/h3-36,53H,1H2,2H3,(H,52,54,55)/b18-15-,33-16-. The minimum Gasteiger partial charge on any atom is -0.355 e. The van der Waals surface area contributed by atoms with Gasteiger partial charge in [0, 0.05) is 46.9 Å². The molecule has 0 fully saturated rings. The van der Waals surface area contributed by atoms with Gasteiger partial charge in [-0.25, -0.2) is 4.99 Å². The first-order valence-corrected chi connectivity index (χ1v) is 18.7. The van der Waals surface area contributed by atoms with Crippen LogP contribution in [0.3, 0.4) is 0 Å². The van der Waals surface area contributed by atoms with E-state index in [1.807, 2.05) is 78.0 Å². The Bertz CT molecular complexity index is 2590. The monoisotopic (exact) mass is 723 g/mol. The van der Waals surface area contributed by atoms with Crippen molar-refractivity contribution >= 4 is 34.3 Å². The second-order valence-corrected chi connectivity index (χ2v) is 13.4. The molecule has 5 nitrogen and oxygen atoms in total. The molecule has 1 aliphatic heterocycles. The van der Waals surface area contributed by atoms with Gasteiger partial charge in [-0.05, 0) is 81.9 Å². The second kappa shape index (κ2) is 16.7. The first kappa shape index (κ1) is 35.5. The summed E-state index contributed by atoms with van der Waals surface area (Å²) in [5.74, 6) is 1.27. The highest BCUT2D eigenvalue weighted by Gasteiger charge is 2.18. The molecule has 1 heterocycles. The Kier molecular flexibility index (Phi) is 10.6. The van der Waals surface area contributed by atoms with E-state index in [1.165, 1.54) is 0 Å². The highest BCUT2D eigenvalue weighted by molar-refractivity contribution is 6.12. The van der Waals surface area contributed by atoms with E-state index in [4.69, 9.17) is 4.99 Å². The van der Waals surface area contributed by atoms with E-state index in [9.17, 15) is 0 Å². The van der Waals surface area contributed by atoms with Crippen LogP contribution >= 0.6 is 0 Å². The Balaban J connectivity index is 1.17. The van der Waals surface area contributed by atoms with Gasteiger partial charge in [-0.1, -0.05) is 158 Å². The van der Waals surface area contributed by atoms with Gasteiger partial charge < -0.3 is 5.32 Å². The third-order valence-corrected chi connectivity index (χ3v) is 9.67. The number of hydrogen-bond acceptors (Lipinski definition) is 3. The number of aliphatic imine (C=N–C) groups is 2. The fraction of sp³-hybridized carbons (Fsp3) is 0.0196. The van der Waals surface area contributed by atoms with Gasteiger partial charge in [0.25, 0.3) is 0 Å². The summed E-state index contributed by atoms with van der Waals surface area (Å²) in [6.07, 6.45) is 8.07. The van der Waals surface area contributed by atoms with Crippen LogP contribution in [-0.4, -0.2) is 18.7 Å². The van der Waals surface area contributed by atoms with E-state index < -0.39 is 0 Å². The lowest BCUT2D eigenvalue weighted by molar-refractivity contribution is 0.921. The molecule has 0 aliphatic carbocycles. The van der Waals surface area contributed by atoms with Crippen molar-refractivity contribution in [1.82, 2.24) is 5.43 Å². The van der Waals surface area contributed by atoms with Crippen LogP contribution in [0.25, 0.3) is 39.0 Å². The number of fused-ring (bicyclic) bond motifs is 1. The van der Waals surface area contributed by atoms with Crippen molar-refractivity contribution in [2.24, 2.45) is 9.98 Å². The molecule has 56 heavy (non-hydrogen) atoms. The number of rotatable bonds is 8. The lowest BCUT2D eigenvalue weighted by Crippen LogP contribution is -2.40. The summed E-state index contributed by atoms with van der Waals surface area (Å²) in [5.41, 5.74) is 17.1. The van der Waals surface area contributed by atoms with Crippen LogP contribution in [-0.2, 0) is 0 Å². The summed E-state index contributed by atoms with van der Waals surface area (Å²) in [5, 5.41) is 5.64. The smallest absolute Gasteiger partial charge is 0.156 e. The zero-order valence-corrected chi connectivity index (χ0v) is 31.2. The third kappa shape index (κ3) is 8.03. The molecule has 7 aromatic rings. The summed E-state index contributed by atoms with van der Waals surface area (Å²) < 4.78 is 0. The Morgan fingerprint density at radius 1 is 0.536 bits per heavy atom. The molecule has 0 spiro atoms. The number of hydrazine groups is 1. The number of nitrogens with zero attached hydrogens (tertiary/aromatic N) is 3. The summed E-state index contributed by atoms with van der Waals surface area (Å²) in [4.78, 5) is 9.85. The van der Waals surface area contributed by atoms with Gasteiger partial charge in [0.15, 0.2) is 11.7 Å². The van der Waals surface area contributed by atoms with Crippen LogP contribution in [0.4, 0.5) is 17.1 Å². The lowest BCUT2D eigenvalue weighted by Gasteiger charge is -2.27. The largest absolute Gasteiger partial charge is 0.355 e. The average Bonchev–Trinajstić information content (AvgIpc) is 3.26. The molecule has 0 radical (unpaired) electrons. The number of hydrogen-bond donors (Lipinski definition) is 2. The zero-order chi connectivity index (χ0) is 38.1. The number of nitrogens with one attached hydrogen (secondary N) is 2. The van der Waals surface area contributed by atoms with Crippen molar-refractivity contribution in [2.75, 3.05) is 17.4 Å². The molecule has 7 aromatic carbocycles. The molecule has 0 saturated heterocycles. The van der Waals surface area contributed by atoms with Gasteiger partial charge in [-0.2, -0.15) is 0 Å². The first-order chi connectivity index (χ1) is 27.6. The number of anilines is 3. The Hall–Kier alpha value is -7.50. The van der Waals surface area contributed by atoms with Crippen LogP contribution in [0.15, 0.2) is 223 Å². The molecule has 1 aliphatic rings. The predicted octanol–water partition coefficient (Wildman–Crippen LogP) is 12.4. The number of allylic oxidation sites excluding steroid dienone is 4. The molecular weight excluding hydrogens is 683 g/mol. The topological polar surface area (TPSA) is 52.0 Å². The minimum absolute atomic E-state index is 0.615.